The number of carbonyl (C=O) groups is 1. The van der Waals surface area contributed by atoms with Gasteiger partial charge in [0.1, 0.15) is 0 Å². The summed E-state index contributed by atoms with van der Waals surface area (Å²) in [5.41, 5.74) is 0.426. The van der Waals surface area contributed by atoms with E-state index in [1.165, 1.54) is 31.3 Å². The fourth-order valence-electron chi connectivity index (χ4n) is 1.74. The Morgan fingerprint density at radius 2 is 2.67 bits per heavy atom. The average molecular weight is 226 g/mol. The smallest absolute Gasteiger partial charge is 0.357 e. The Labute approximate surface area is 92.7 Å². The third-order valence-corrected chi connectivity index (χ3v) is 3.40. The Morgan fingerprint density at radius 3 is 3.33 bits per heavy atom. The summed E-state index contributed by atoms with van der Waals surface area (Å²) < 4.78 is 4.61. The van der Waals surface area contributed by atoms with Crippen LogP contribution in [-0.4, -0.2) is 30.6 Å². The van der Waals surface area contributed by atoms with E-state index in [4.69, 9.17) is 0 Å². The number of thiazole rings is 1. The van der Waals surface area contributed by atoms with Gasteiger partial charge >= 0.3 is 5.97 Å². The van der Waals surface area contributed by atoms with Gasteiger partial charge < -0.3 is 10.1 Å². The predicted molar refractivity (Wildman–Crippen MR) is 58.2 cm³/mol. The largest absolute Gasteiger partial charge is 0.464 e. The molecule has 0 radical (unpaired) electrons. The van der Waals surface area contributed by atoms with Crippen molar-refractivity contribution < 1.29 is 9.53 Å². The van der Waals surface area contributed by atoms with E-state index < -0.39 is 0 Å². The molecule has 1 fully saturated rings. The van der Waals surface area contributed by atoms with Crippen LogP contribution >= 0.6 is 11.3 Å². The number of hydrogen-bond donors (Lipinski definition) is 1. The predicted octanol–water partition coefficient (Wildman–Crippen LogP) is 1.22. The second-order valence-electron chi connectivity index (χ2n) is 3.62. The van der Waals surface area contributed by atoms with Crippen molar-refractivity contribution in [3.8, 4) is 0 Å². The number of ether oxygens (including phenoxy) is 1. The summed E-state index contributed by atoms with van der Waals surface area (Å²) in [4.78, 5) is 15.4. The van der Waals surface area contributed by atoms with Gasteiger partial charge in [0, 0.05) is 17.8 Å². The van der Waals surface area contributed by atoms with Crippen LogP contribution in [0.3, 0.4) is 0 Å². The molecule has 1 atom stereocenters. The Hall–Kier alpha value is -0.940. The number of nitrogens with one attached hydrogen (secondary N) is 1. The molecule has 1 aromatic rings. The average Bonchev–Trinajstić information content (AvgIpc) is 2.88. The third-order valence-electron chi connectivity index (χ3n) is 2.53. The number of aromatic nitrogens is 1. The molecule has 2 heterocycles. The number of methoxy groups -OCH3 is 1. The van der Waals surface area contributed by atoms with Gasteiger partial charge in [0.05, 0.1) is 12.1 Å². The lowest BCUT2D eigenvalue weighted by atomic mass is 10.2. The van der Waals surface area contributed by atoms with Crippen LogP contribution in [0.15, 0.2) is 5.38 Å². The van der Waals surface area contributed by atoms with Crippen LogP contribution in [-0.2, 0) is 11.2 Å². The molecule has 0 aliphatic carbocycles. The summed E-state index contributed by atoms with van der Waals surface area (Å²) in [6, 6.07) is 0.529. The molecular weight excluding hydrogens is 212 g/mol. The van der Waals surface area contributed by atoms with E-state index in [0.717, 1.165) is 18.0 Å². The van der Waals surface area contributed by atoms with Crippen LogP contribution in [0.4, 0.5) is 0 Å². The summed E-state index contributed by atoms with van der Waals surface area (Å²) >= 11 is 1.53. The quantitative estimate of drug-likeness (QED) is 0.787. The van der Waals surface area contributed by atoms with E-state index >= 15 is 0 Å². The van der Waals surface area contributed by atoms with Crippen molar-refractivity contribution in [1.29, 1.82) is 0 Å². The zero-order valence-corrected chi connectivity index (χ0v) is 9.47. The molecule has 1 unspecified atom stereocenters. The molecule has 15 heavy (non-hydrogen) atoms. The van der Waals surface area contributed by atoms with Crippen molar-refractivity contribution in [2.45, 2.75) is 25.3 Å². The maximum absolute atomic E-state index is 11.2. The molecule has 1 aliphatic heterocycles. The van der Waals surface area contributed by atoms with E-state index in [-0.39, 0.29) is 5.97 Å². The van der Waals surface area contributed by atoms with E-state index in [0.29, 0.717) is 11.7 Å². The fourth-order valence-corrected chi connectivity index (χ4v) is 2.59. The highest BCUT2D eigenvalue weighted by atomic mass is 32.1. The first kappa shape index (κ1) is 10.6. The molecule has 82 valence electrons. The maximum Gasteiger partial charge on any atom is 0.357 e. The molecule has 1 aliphatic rings. The molecule has 2 rings (SSSR count). The number of esters is 1. The van der Waals surface area contributed by atoms with Crippen molar-refractivity contribution in [2.24, 2.45) is 0 Å². The van der Waals surface area contributed by atoms with Gasteiger partial charge in [0.15, 0.2) is 5.69 Å². The van der Waals surface area contributed by atoms with Crippen LogP contribution in [0, 0.1) is 0 Å². The molecule has 0 amide bonds. The van der Waals surface area contributed by atoms with Gasteiger partial charge in [-0.1, -0.05) is 0 Å². The molecule has 1 saturated heterocycles. The van der Waals surface area contributed by atoms with Gasteiger partial charge in [0.25, 0.3) is 0 Å². The van der Waals surface area contributed by atoms with Gasteiger partial charge in [-0.2, -0.15) is 0 Å². The lowest BCUT2D eigenvalue weighted by Crippen LogP contribution is -2.23. The minimum Gasteiger partial charge on any atom is -0.464 e. The monoisotopic (exact) mass is 226 g/mol. The maximum atomic E-state index is 11.2. The molecule has 0 bridgehead atoms. The van der Waals surface area contributed by atoms with E-state index in [2.05, 4.69) is 15.0 Å². The van der Waals surface area contributed by atoms with Crippen LogP contribution < -0.4 is 5.32 Å². The Bertz CT molecular complexity index is 345. The molecular formula is C10H14N2O2S. The second-order valence-corrected chi connectivity index (χ2v) is 4.56. The zero-order chi connectivity index (χ0) is 10.7. The molecule has 1 aromatic heterocycles. The first-order valence-corrected chi connectivity index (χ1v) is 5.93. The Morgan fingerprint density at radius 1 is 1.80 bits per heavy atom. The molecule has 0 saturated carbocycles. The first-order chi connectivity index (χ1) is 7.29. The minimum absolute atomic E-state index is 0.350. The minimum atomic E-state index is -0.350. The van der Waals surface area contributed by atoms with Gasteiger partial charge in [-0.3, -0.25) is 0 Å². The lowest BCUT2D eigenvalue weighted by Gasteiger charge is -2.06. The summed E-state index contributed by atoms with van der Waals surface area (Å²) in [6.45, 7) is 1.10. The van der Waals surface area contributed by atoms with Crippen molar-refractivity contribution in [2.75, 3.05) is 13.7 Å². The molecule has 5 heteroatoms. The third kappa shape index (κ3) is 2.54. The topological polar surface area (TPSA) is 51.2 Å². The standard InChI is InChI=1S/C10H14N2O2S/c1-14-10(13)8-6-15-9(12-8)5-7-3-2-4-11-7/h6-7,11H,2-5H2,1H3. The molecule has 0 spiro atoms. The van der Waals surface area contributed by atoms with E-state index in [1.54, 1.807) is 5.38 Å². The SMILES string of the molecule is COC(=O)c1csc(CC2CCCN2)n1. The number of nitrogens with zero attached hydrogens (tertiary/aromatic N) is 1. The van der Waals surface area contributed by atoms with E-state index in [1.807, 2.05) is 0 Å². The summed E-state index contributed by atoms with van der Waals surface area (Å²) in [5.74, 6) is -0.350. The van der Waals surface area contributed by atoms with Crippen molar-refractivity contribution >= 4 is 17.3 Å². The van der Waals surface area contributed by atoms with Gasteiger partial charge in [0.2, 0.25) is 0 Å². The van der Waals surface area contributed by atoms with Crippen LogP contribution in [0.5, 0.6) is 0 Å². The Kier molecular flexibility index (Phi) is 3.33. The highest BCUT2D eigenvalue weighted by Crippen LogP contribution is 2.16. The number of hydrogen-bond acceptors (Lipinski definition) is 5. The van der Waals surface area contributed by atoms with Crippen molar-refractivity contribution in [1.82, 2.24) is 10.3 Å². The fraction of sp³-hybridized carbons (Fsp3) is 0.600. The molecule has 0 aromatic carbocycles. The normalized spacial score (nSPS) is 20.5. The lowest BCUT2D eigenvalue weighted by molar-refractivity contribution is 0.0594. The van der Waals surface area contributed by atoms with Crippen molar-refractivity contribution in [3.63, 3.8) is 0 Å². The van der Waals surface area contributed by atoms with E-state index in [9.17, 15) is 4.79 Å². The van der Waals surface area contributed by atoms with Crippen molar-refractivity contribution in [3.05, 3.63) is 16.1 Å². The van der Waals surface area contributed by atoms with Gasteiger partial charge in [-0.25, -0.2) is 9.78 Å². The van der Waals surface area contributed by atoms with Gasteiger partial charge in [-0.15, -0.1) is 11.3 Å². The van der Waals surface area contributed by atoms with Crippen LogP contribution in [0.1, 0.15) is 28.3 Å². The first-order valence-electron chi connectivity index (χ1n) is 5.05. The summed E-state index contributed by atoms with van der Waals surface area (Å²) in [7, 11) is 1.37. The summed E-state index contributed by atoms with van der Waals surface area (Å²) in [5, 5.41) is 6.18. The highest BCUT2D eigenvalue weighted by Gasteiger charge is 2.17. The Balaban J connectivity index is 1.97. The molecule has 4 nitrogen and oxygen atoms in total. The number of rotatable bonds is 3. The van der Waals surface area contributed by atoms with Crippen LogP contribution in [0.25, 0.3) is 0 Å². The van der Waals surface area contributed by atoms with Gasteiger partial charge in [-0.05, 0) is 19.4 Å². The summed E-state index contributed by atoms with van der Waals surface area (Å²) in [6.07, 6.45) is 3.36. The van der Waals surface area contributed by atoms with Crippen LogP contribution in [0.2, 0.25) is 0 Å². The second kappa shape index (κ2) is 4.72. The molecule has 1 N–H and O–H groups in total. The number of carbonyl (C=O) groups excluding carboxylic acids is 1. The highest BCUT2D eigenvalue weighted by molar-refractivity contribution is 7.09. The zero-order valence-electron chi connectivity index (χ0n) is 8.66.